The predicted molar refractivity (Wildman–Crippen MR) is 85.8 cm³/mol. The summed E-state index contributed by atoms with van der Waals surface area (Å²) in [6.45, 7) is 0.907. The molecule has 2 aliphatic rings. The number of nitrogens with zero attached hydrogens (tertiary/aromatic N) is 2. The van der Waals surface area contributed by atoms with Gasteiger partial charge in [0.2, 0.25) is 5.89 Å². The maximum Gasteiger partial charge on any atom is 0.254 e. The summed E-state index contributed by atoms with van der Waals surface area (Å²) in [5.41, 5.74) is 0.782. The number of likely N-dealkylation sites (tertiary alicyclic amines) is 1. The molecule has 0 aromatic carbocycles. The Balaban J connectivity index is 1.56. The van der Waals surface area contributed by atoms with Gasteiger partial charge in [-0.2, -0.15) is 0 Å². The highest BCUT2D eigenvalue weighted by molar-refractivity contribution is 7.13. The monoisotopic (exact) mass is 316 g/mol. The lowest BCUT2D eigenvalue weighted by Gasteiger charge is -2.44. The maximum atomic E-state index is 12.9. The van der Waals surface area contributed by atoms with Gasteiger partial charge in [-0.3, -0.25) is 4.79 Å². The Bertz CT molecular complexity index is 647. The number of hydrogen-bond donors (Lipinski definition) is 0. The van der Waals surface area contributed by atoms with Crippen LogP contribution in [0.5, 0.6) is 0 Å². The summed E-state index contributed by atoms with van der Waals surface area (Å²) in [4.78, 5) is 20.1. The molecule has 2 fully saturated rings. The summed E-state index contributed by atoms with van der Waals surface area (Å²) in [7, 11) is 0. The van der Waals surface area contributed by atoms with Crippen molar-refractivity contribution in [1.29, 1.82) is 0 Å². The van der Waals surface area contributed by atoms with Crippen molar-refractivity contribution >= 4 is 17.2 Å². The molecular formula is C17H20N2O2S. The molecular weight excluding hydrogens is 296 g/mol. The molecule has 1 amide bonds. The van der Waals surface area contributed by atoms with Crippen LogP contribution in [-0.4, -0.2) is 28.4 Å². The Morgan fingerprint density at radius 2 is 2.14 bits per heavy atom. The molecule has 0 spiro atoms. The first-order chi connectivity index (χ1) is 10.8. The smallest absolute Gasteiger partial charge is 0.254 e. The molecule has 3 heterocycles. The van der Waals surface area contributed by atoms with Crippen molar-refractivity contribution in [2.75, 3.05) is 6.54 Å². The molecule has 116 valence electrons. The van der Waals surface area contributed by atoms with E-state index >= 15 is 0 Å². The zero-order valence-electron chi connectivity index (χ0n) is 12.5. The van der Waals surface area contributed by atoms with Crippen LogP contribution in [-0.2, 0) is 0 Å². The Labute approximate surface area is 134 Å². The second kappa shape index (κ2) is 5.88. The Kier molecular flexibility index (Phi) is 3.74. The molecule has 4 rings (SSSR count). The highest BCUT2D eigenvalue weighted by Gasteiger charge is 2.36. The van der Waals surface area contributed by atoms with E-state index in [1.54, 1.807) is 12.5 Å². The minimum Gasteiger partial charge on any atom is -0.444 e. The van der Waals surface area contributed by atoms with Crippen LogP contribution < -0.4 is 0 Å². The van der Waals surface area contributed by atoms with E-state index < -0.39 is 0 Å². The lowest BCUT2D eigenvalue weighted by atomic mass is 9.78. The predicted octanol–water partition coefficient (Wildman–Crippen LogP) is 4.20. The SMILES string of the molecule is O=C(c1csc(-c2ncco2)c1)N1CCC[C@@H]2CCCC[C@@H]21. The number of oxazole rings is 1. The molecule has 2 atom stereocenters. The third-order valence-corrected chi connectivity index (χ3v) is 5.91. The zero-order chi connectivity index (χ0) is 14.9. The Morgan fingerprint density at radius 1 is 1.27 bits per heavy atom. The number of carbonyl (C=O) groups is 1. The molecule has 5 heteroatoms. The van der Waals surface area contributed by atoms with Crippen LogP contribution in [0, 0.1) is 5.92 Å². The van der Waals surface area contributed by atoms with E-state index in [4.69, 9.17) is 4.42 Å². The number of piperidine rings is 1. The molecule has 1 saturated carbocycles. The number of thiophene rings is 1. The fraction of sp³-hybridized carbons (Fsp3) is 0.529. The van der Waals surface area contributed by atoms with E-state index in [0.29, 0.717) is 11.9 Å². The Morgan fingerprint density at radius 3 is 3.00 bits per heavy atom. The van der Waals surface area contributed by atoms with Crippen LogP contribution in [0.25, 0.3) is 10.8 Å². The van der Waals surface area contributed by atoms with Crippen LogP contribution in [0.2, 0.25) is 0 Å². The molecule has 1 saturated heterocycles. The van der Waals surface area contributed by atoms with Crippen molar-refractivity contribution in [1.82, 2.24) is 9.88 Å². The summed E-state index contributed by atoms with van der Waals surface area (Å²) in [5.74, 6) is 1.50. The van der Waals surface area contributed by atoms with Gasteiger partial charge in [-0.1, -0.05) is 12.8 Å². The number of aromatic nitrogens is 1. The number of rotatable bonds is 2. The van der Waals surface area contributed by atoms with Gasteiger partial charge in [0.25, 0.3) is 5.91 Å². The minimum atomic E-state index is 0.186. The minimum absolute atomic E-state index is 0.186. The van der Waals surface area contributed by atoms with Gasteiger partial charge in [0, 0.05) is 18.0 Å². The van der Waals surface area contributed by atoms with Crippen molar-refractivity contribution in [2.45, 2.75) is 44.6 Å². The van der Waals surface area contributed by atoms with Crippen molar-refractivity contribution in [2.24, 2.45) is 5.92 Å². The average molecular weight is 316 g/mol. The molecule has 4 nitrogen and oxygen atoms in total. The van der Waals surface area contributed by atoms with Gasteiger partial charge in [0.05, 0.1) is 16.6 Å². The van der Waals surface area contributed by atoms with Crippen molar-refractivity contribution in [3.8, 4) is 10.8 Å². The van der Waals surface area contributed by atoms with Gasteiger partial charge in [-0.05, 0) is 37.7 Å². The summed E-state index contributed by atoms with van der Waals surface area (Å²) < 4.78 is 5.32. The Hall–Kier alpha value is -1.62. The fourth-order valence-electron chi connectivity index (χ4n) is 3.95. The van der Waals surface area contributed by atoms with E-state index in [1.165, 1.54) is 43.4 Å². The summed E-state index contributed by atoms with van der Waals surface area (Å²) in [5, 5.41) is 1.94. The van der Waals surface area contributed by atoms with Gasteiger partial charge in [0.15, 0.2) is 0 Å². The quantitative estimate of drug-likeness (QED) is 0.834. The molecule has 22 heavy (non-hydrogen) atoms. The highest BCUT2D eigenvalue weighted by atomic mass is 32.1. The summed E-state index contributed by atoms with van der Waals surface area (Å²) in [6.07, 6.45) is 10.7. The first-order valence-electron chi connectivity index (χ1n) is 8.12. The van der Waals surface area contributed by atoms with Crippen LogP contribution in [0.1, 0.15) is 48.9 Å². The van der Waals surface area contributed by atoms with Crippen LogP contribution in [0.3, 0.4) is 0 Å². The molecule has 0 bridgehead atoms. The number of fused-ring (bicyclic) bond motifs is 1. The van der Waals surface area contributed by atoms with Crippen LogP contribution in [0.15, 0.2) is 28.3 Å². The van der Waals surface area contributed by atoms with Crippen molar-refractivity contribution in [3.05, 3.63) is 29.5 Å². The second-order valence-corrected chi connectivity index (χ2v) is 7.20. The molecule has 2 aromatic heterocycles. The van der Waals surface area contributed by atoms with Gasteiger partial charge in [-0.25, -0.2) is 4.98 Å². The largest absolute Gasteiger partial charge is 0.444 e. The number of carbonyl (C=O) groups excluding carboxylic acids is 1. The lowest BCUT2D eigenvalue weighted by molar-refractivity contribution is 0.0391. The molecule has 0 radical (unpaired) electrons. The molecule has 1 aliphatic carbocycles. The van der Waals surface area contributed by atoms with Crippen LogP contribution in [0.4, 0.5) is 0 Å². The third kappa shape index (κ3) is 2.47. The van der Waals surface area contributed by atoms with E-state index in [-0.39, 0.29) is 5.91 Å². The number of amides is 1. The van der Waals surface area contributed by atoms with Crippen molar-refractivity contribution in [3.63, 3.8) is 0 Å². The molecule has 0 N–H and O–H groups in total. The first kappa shape index (κ1) is 14.0. The standard InChI is InChI=1S/C17H20N2O2S/c20-17(13-10-15(22-11-13)16-18-7-9-21-16)19-8-3-5-12-4-1-2-6-14(12)19/h7,9-12,14H,1-6,8H2/t12-,14-/m0/s1. The van der Waals surface area contributed by atoms with E-state index in [9.17, 15) is 4.79 Å². The van der Waals surface area contributed by atoms with Crippen LogP contribution >= 0.6 is 11.3 Å². The van der Waals surface area contributed by atoms with Crippen molar-refractivity contribution < 1.29 is 9.21 Å². The fourth-order valence-corrected chi connectivity index (χ4v) is 4.77. The van der Waals surface area contributed by atoms with E-state index in [1.807, 2.05) is 11.4 Å². The highest BCUT2D eigenvalue weighted by Crippen LogP contribution is 2.36. The molecule has 1 aliphatic heterocycles. The van der Waals surface area contributed by atoms with E-state index in [2.05, 4.69) is 9.88 Å². The van der Waals surface area contributed by atoms with Gasteiger partial charge >= 0.3 is 0 Å². The summed E-state index contributed by atoms with van der Waals surface area (Å²) >= 11 is 1.53. The topological polar surface area (TPSA) is 46.3 Å². The molecule has 2 aromatic rings. The van der Waals surface area contributed by atoms with Gasteiger partial charge < -0.3 is 9.32 Å². The summed E-state index contributed by atoms with van der Waals surface area (Å²) in [6, 6.07) is 2.38. The van der Waals surface area contributed by atoms with E-state index in [0.717, 1.165) is 29.3 Å². The molecule has 0 unspecified atom stereocenters. The second-order valence-electron chi connectivity index (χ2n) is 6.29. The average Bonchev–Trinajstić information content (AvgIpc) is 3.24. The first-order valence-corrected chi connectivity index (χ1v) is 9.00. The van der Waals surface area contributed by atoms with Gasteiger partial charge in [-0.15, -0.1) is 11.3 Å². The van der Waals surface area contributed by atoms with Gasteiger partial charge in [0.1, 0.15) is 6.26 Å². The normalized spacial score (nSPS) is 25.0. The zero-order valence-corrected chi connectivity index (χ0v) is 13.3. The third-order valence-electron chi connectivity index (χ3n) is 4.99. The lowest BCUT2D eigenvalue weighted by Crippen LogP contribution is -2.49. The maximum absolute atomic E-state index is 12.9. The number of hydrogen-bond acceptors (Lipinski definition) is 4.